The number of hydrogen-bond acceptors (Lipinski definition) is 4. The molecule has 0 aromatic heterocycles. The van der Waals surface area contributed by atoms with Gasteiger partial charge in [-0.2, -0.15) is 0 Å². The van der Waals surface area contributed by atoms with Gasteiger partial charge in [-0.25, -0.2) is 4.79 Å². The lowest BCUT2D eigenvalue weighted by Crippen LogP contribution is -2.51. The van der Waals surface area contributed by atoms with Gasteiger partial charge in [-0.1, -0.05) is 61.9 Å². The van der Waals surface area contributed by atoms with Gasteiger partial charge in [0.2, 0.25) is 5.91 Å². The summed E-state index contributed by atoms with van der Waals surface area (Å²) in [6.45, 7) is 2.68. The van der Waals surface area contributed by atoms with Gasteiger partial charge >= 0.3 is 12.1 Å². The van der Waals surface area contributed by atoms with E-state index in [2.05, 4.69) is 17.6 Å². The van der Waals surface area contributed by atoms with Crippen molar-refractivity contribution in [2.45, 2.75) is 51.0 Å². The van der Waals surface area contributed by atoms with Crippen molar-refractivity contribution in [1.29, 1.82) is 0 Å². The summed E-state index contributed by atoms with van der Waals surface area (Å²) in [7, 11) is 0. The molecule has 1 unspecified atom stereocenters. The molecule has 2 aliphatic carbocycles. The van der Waals surface area contributed by atoms with Gasteiger partial charge in [0.1, 0.15) is 12.6 Å². The summed E-state index contributed by atoms with van der Waals surface area (Å²) >= 11 is 0. The first kappa shape index (κ1) is 22.8. The Morgan fingerprint density at radius 2 is 1.67 bits per heavy atom. The molecular weight excluding hydrogens is 420 g/mol. The summed E-state index contributed by atoms with van der Waals surface area (Å²) in [6.07, 6.45) is 2.89. The van der Waals surface area contributed by atoms with Crippen LogP contribution in [0.2, 0.25) is 0 Å². The maximum absolute atomic E-state index is 12.7. The van der Waals surface area contributed by atoms with Gasteiger partial charge in [-0.15, -0.1) is 0 Å². The number of amides is 2. The topological polar surface area (TPSA) is 105 Å². The minimum Gasteiger partial charge on any atom is -0.481 e. The molecule has 2 amide bonds. The summed E-state index contributed by atoms with van der Waals surface area (Å²) in [6, 6.07) is 14.8. The number of carbonyl (C=O) groups is 3. The van der Waals surface area contributed by atoms with E-state index < -0.39 is 30.4 Å². The van der Waals surface area contributed by atoms with E-state index in [1.807, 2.05) is 48.5 Å². The second-order valence-corrected chi connectivity index (χ2v) is 9.05. The predicted molar refractivity (Wildman–Crippen MR) is 124 cm³/mol. The van der Waals surface area contributed by atoms with E-state index >= 15 is 0 Å². The second kappa shape index (κ2) is 9.65. The third-order valence-corrected chi connectivity index (χ3v) is 7.13. The fraction of sp³-hybridized carbons (Fsp3) is 0.423. The zero-order valence-corrected chi connectivity index (χ0v) is 18.8. The maximum atomic E-state index is 12.7. The molecule has 4 rings (SSSR count). The van der Waals surface area contributed by atoms with Crippen LogP contribution < -0.4 is 10.6 Å². The Hall–Kier alpha value is -3.35. The molecule has 1 fully saturated rings. The van der Waals surface area contributed by atoms with E-state index in [9.17, 15) is 19.5 Å². The van der Waals surface area contributed by atoms with E-state index in [0.717, 1.165) is 47.9 Å². The molecule has 2 aliphatic rings. The summed E-state index contributed by atoms with van der Waals surface area (Å²) in [4.78, 5) is 36.5. The van der Waals surface area contributed by atoms with Gasteiger partial charge in [-0.05, 0) is 46.9 Å². The van der Waals surface area contributed by atoms with Crippen molar-refractivity contribution in [2.24, 2.45) is 5.41 Å². The third-order valence-electron chi connectivity index (χ3n) is 7.13. The van der Waals surface area contributed by atoms with Crippen molar-refractivity contribution in [2.75, 3.05) is 13.2 Å². The lowest BCUT2D eigenvalue weighted by molar-refractivity contribution is -0.140. The quantitative estimate of drug-likeness (QED) is 0.534. The SMILES string of the molecule is CCC1(CNC(=O)C(CC(=O)O)NC(=O)OCC2c3ccccc3-c3ccccc32)CCC1. The van der Waals surface area contributed by atoms with Gasteiger partial charge in [0.25, 0.3) is 0 Å². The Bertz CT molecular complexity index is 995. The predicted octanol–water partition coefficient (Wildman–Crippen LogP) is 4.06. The van der Waals surface area contributed by atoms with Crippen LogP contribution in [0.15, 0.2) is 48.5 Å². The number of fused-ring (bicyclic) bond motifs is 3. The fourth-order valence-electron chi connectivity index (χ4n) is 4.90. The molecule has 0 heterocycles. The molecule has 0 saturated heterocycles. The number of benzene rings is 2. The number of hydrogen-bond donors (Lipinski definition) is 3. The van der Waals surface area contributed by atoms with Crippen molar-refractivity contribution >= 4 is 18.0 Å². The molecule has 0 bridgehead atoms. The summed E-state index contributed by atoms with van der Waals surface area (Å²) in [5.74, 6) is -1.77. The number of carbonyl (C=O) groups excluding carboxylic acids is 2. The largest absolute Gasteiger partial charge is 0.481 e. The first-order chi connectivity index (χ1) is 15.9. The van der Waals surface area contributed by atoms with Gasteiger partial charge in [0, 0.05) is 12.5 Å². The van der Waals surface area contributed by atoms with E-state index in [1.165, 1.54) is 0 Å². The smallest absolute Gasteiger partial charge is 0.407 e. The minimum absolute atomic E-state index is 0.0905. The fourth-order valence-corrected chi connectivity index (χ4v) is 4.90. The zero-order valence-electron chi connectivity index (χ0n) is 18.8. The van der Waals surface area contributed by atoms with Crippen molar-refractivity contribution in [3.63, 3.8) is 0 Å². The number of rotatable bonds is 9. The molecule has 0 spiro atoms. The van der Waals surface area contributed by atoms with E-state index in [-0.39, 0.29) is 17.9 Å². The first-order valence-corrected chi connectivity index (χ1v) is 11.5. The number of carboxylic acids is 1. The molecule has 1 atom stereocenters. The molecule has 0 aliphatic heterocycles. The number of carboxylic acid groups (broad SMARTS) is 1. The van der Waals surface area contributed by atoms with E-state index in [0.29, 0.717) is 6.54 Å². The number of alkyl carbamates (subject to hydrolysis) is 1. The first-order valence-electron chi connectivity index (χ1n) is 11.5. The van der Waals surface area contributed by atoms with Crippen LogP contribution >= 0.6 is 0 Å². The number of nitrogens with one attached hydrogen (secondary N) is 2. The Morgan fingerprint density at radius 3 is 2.18 bits per heavy atom. The van der Waals surface area contributed by atoms with Gasteiger partial charge in [0.15, 0.2) is 0 Å². The summed E-state index contributed by atoms with van der Waals surface area (Å²) in [5.41, 5.74) is 4.48. The van der Waals surface area contributed by atoms with Crippen LogP contribution in [0.5, 0.6) is 0 Å². The van der Waals surface area contributed by atoms with Crippen LogP contribution in [-0.2, 0) is 14.3 Å². The molecule has 3 N–H and O–H groups in total. The van der Waals surface area contributed by atoms with Crippen LogP contribution in [0.4, 0.5) is 4.79 Å². The second-order valence-electron chi connectivity index (χ2n) is 9.05. The van der Waals surface area contributed by atoms with Crippen molar-refractivity contribution in [1.82, 2.24) is 10.6 Å². The Labute approximate surface area is 193 Å². The van der Waals surface area contributed by atoms with Crippen molar-refractivity contribution in [3.05, 3.63) is 59.7 Å². The molecule has 2 aromatic carbocycles. The number of ether oxygens (including phenoxy) is 1. The van der Waals surface area contributed by atoms with Crippen molar-refractivity contribution < 1.29 is 24.2 Å². The monoisotopic (exact) mass is 450 g/mol. The number of aliphatic carboxylic acids is 1. The van der Waals surface area contributed by atoms with E-state index in [1.54, 1.807) is 0 Å². The van der Waals surface area contributed by atoms with Crippen LogP contribution in [0.1, 0.15) is 56.1 Å². The molecule has 174 valence electrons. The van der Waals surface area contributed by atoms with Crippen LogP contribution in [-0.4, -0.2) is 42.3 Å². The standard InChI is InChI=1S/C26H30N2O5/c1-2-26(12-7-13-26)16-27-24(31)22(14-23(29)30)28-25(32)33-15-21-19-10-5-3-8-17(19)18-9-4-6-11-20(18)21/h3-6,8-11,21-22H,2,7,12-16H2,1H3,(H,27,31)(H,28,32)(H,29,30). The Kier molecular flexibility index (Phi) is 6.67. The molecule has 0 radical (unpaired) electrons. The van der Waals surface area contributed by atoms with Crippen LogP contribution in [0.25, 0.3) is 11.1 Å². The highest BCUT2D eigenvalue weighted by Gasteiger charge is 2.36. The average molecular weight is 451 g/mol. The van der Waals surface area contributed by atoms with E-state index in [4.69, 9.17) is 4.74 Å². The summed E-state index contributed by atoms with van der Waals surface area (Å²) in [5, 5.41) is 14.5. The minimum atomic E-state index is -1.19. The molecular formula is C26H30N2O5. The van der Waals surface area contributed by atoms with Gasteiger partial charge in [-0.3, -0.25) is 9.59 Å². The lowest BCUT2D eigenvalue weighted by Gasteiger charge is -2.41. The summed E-state index contributed by atoms with van der Waals surface area (Å²) < 4.78 is 5.48. The molecule has 7 nitrogen and oxygen atoms in total. The Balaban J connectivity index is 1.38. The maximum Gasteiger partial charge on any atom is 0.407 e. The van der Waals surface area contributed by atoms with Crippen molar-refractivity contribution in [3.8, 4) is 11.1 Å². The highest BCUT2D eigenvalue weighted by Crippen LogP contribution is 2.44. The van der Waals surface area contributed by atoms with Gasteiger partial charge in [0.05, 0.1) is 6.42 Å². The molecule has 1 saturated carbocycles. The molecule has 7 heteroatoms. The van der Waals surface area contributed by atoms with Gasteiger partial charge < -0.3 is 20.5 Å². The highest BCUT2D eigenvalue weighted by atomic mass is 16.5. The Morgan fingerprint density at radius 1 is 1.06 bits per heavy atom. The zero-order chi connectivity index (χ0) is 23.4. The highest BCUT2D eigenvalue weighted by molar-refractivity contribution is 5.89. The normalized spacial score (nSPS) is 16.6. The van der Waals surface area contributed by atoms with Crippen LogP contribution in [0.3, 0.4) is 0 Å². The lowest BCUT2D eigenvalue weighted by atomic mass is 9.67. The van der Waals surface area contributed by atoms with Crippen LogP contribution in [0, 0.1) is 5.41 Å². The third kappa shape index (κ3) is 4.87. The molecule has 2 aromatic rings. The average Bonchev–Trinajstić information content (AvgIpc) is 3.10. The molecule has 33 heavy (non-hydrogen) atoms.